The summed E-state index contributed by atoms with van der Waals surface area (Å²) >= 11 is 0. The number of nitrogens with zero attached hydrogens (tertiary/aromatic N) is 2. The number of anilines is 1. The second kappa shape index (κ2) is 8.45. The Labute approximate surface area is 168 Å². The van der Waals surface area contributed by atoms with E-state index in [-0.39, 0.29) is 11.9 Å². The molecule has 0 radical (unpaired) electrons. The van der Waals surface area contributed by atoms with Crippen LogP contribution in [0.15, 0.2) is 53.4 Å². The quantitative estimate of drug-likeness (QED) is 0.713. The lowest BCUT2D eigenvalue weighted by Gasteiger charge is -2.23. The third-order valence-electron chi connectivity index (χ3n) is 5.37. The van der Waals surface area contributed by atoms with Crippen LogP contribution in [0.2, 0.25) is 0 Å². The van der Waals surface area contributed by atoms with E-state index in [0.717, 1.165) is 17.7 Å². The Bertz CT molecular complexity index is 935. The Morgan fingerprint density at radius 3 is 2.36 bits per heavy atom. The van der Waals surface area contributed by atoms with Crippen LogP contribution in [0, 0.1) is 0 Å². The molecule has 28 heavy (non-hydrogen) atoms. The molecule has 0 bridgehead atoms. The molecule has 0 aromatic heterocycles. The van der Waals surface area contributed by atoms with Crippen molar-refractivity contribution in [1.82, 2.24) is 4.31 Å². The standard InChI is InChI=1S/C22H28N2O3S/c1-4-23(5-2)28(26,27)20-13-10-18(11-14-20)12-15-22(25)24-17(3)16-19-8-6-7-9-21(19)24/h6-11,13-14,17H,4-5,12,15-16H2,1-3H3. The monoisotopic (exact) mass is 400 g/mol. The molecule has 0 N–H and O–H groups in total. The lowest BCUT2D eigenvalue weighted by Crippen LogP contribution is -2.35. The van der Waals surface area contributed by atoms with Crippen LogP contribution in [-0.2, 0) is 27.7 Å². The van der Waals surface area contributed by atoms with Gasteiger partial charge in [0.05, 0.1) is 4.90 Å². The fourth-order valence-electron chi connectivity index (χ4n) is 3.86. The van der Waals surface area contributed by atoms with E-state index in [1.807, 2.05) is 49.1 Å². The van der Waals surface area contributed by atoms with Gasteiger partial charge < -0.3 is 4.90 Å². The molecule has 5 nitrogen and oxygen atoms in total. The largest absolute Gasteiger partial charge is 0.309 e. The van der Waals surface area contributed by atoms with E-state index < -0.39 is 10.0 Å². The summed E-state index contributed by atoms with van der Waals surface area (Å²) in [5.41, 5.74) is 3.20. The molecule has 0 saturated heterocycles. The topological polar surface area (TPSA) is 57.7 Å². The number of hydrogen-bond acceptors (Lipinski definition) is 3. The van der Waals surface area contributed by atoms with Gasteiger partial charge in [-0.05, 0) is 49.1 Å². The minimum atomic E-state index is -3.44. The van der Waals surface area contributed by atoms with Gasteiger partial charge in [0.15, 0.2) is 0 Å². The molecule has 0 saturated carbocycles. The van der Waals surface area contributed by atoms with Crippen molar-refractivity contribution in [3.05, 3.63) is 59.7 Å². The molecule has 1 amide bonds. The number of para-hydroxylation sites is 1. The predicted molar refractivity (Wildman–Crippen MR) is 112 cm³/mol. The van der Waals surface area contributed by atoms with Gasteiger partial charge in [-0.2, -0.15) is 4.31 Å². The van der Waals surface area contributed by atoms with Gasteiger partial charge in [0.1, 0.15) is 0 Å². The lowest BCUT2D eigenvalue weighted by molar-refractivity contribution is -0.118. The Balaban J connectivity index is 1.66. The van der Waals surface area contributed by atoms with E-state index in [9.17, 15) is 13.2 Å². The molecule has 6 heteroatoms. The van der Waals surface area contributed by atoms with E-state index in [1.165, 1.54) is 9.87 Å². The number of amides is 1. The molecule has 150 valence electrons. The van der Waals surface area contributed by atoms with Crippen molar-refractivity contribution in [2.45, 2.75) is 51.0 Å². The summed E-state index contributed by atoms with van der Waals surface area (Å²) in [4.78, 5) is 15.0. The number of sulfonamides is 1. The van der Waals surface area contributed by atoms with E-state index in [2.05, 4.69) is 13.0 Å². The van der Waals surface area contributed by atoms with Gasteiger partial charge >= 0.3 is 0 Å². The van der Waals surface area contributed by atoms with Crippen molar-refractivity contribution in [2.75, 3.05) is 18.0 Å². The molecule has 0 aliphatic carbocycles. The minimum absolute atomic E-state index is 0.109. The minimum Gasteiger partial charge on any atom is -0.309 e. The normalized spacial score (nSPS) is 16.4. The summed E-state index contributed by atoms with van der Waals surface area (Å²) in [5, 5.41) is 0. The molecule has 0 spiro atoms. The second-order valence-electron chi connectivity index (χ2n) is 7.18. The Morgan fingerprint density at radius 2 is 1.71 bits per heavy atom. The molecule has 1 heterocycles. The summed E-state index contributed by atoms with van der Waals surface area (Å²) < 4.78 is 26.6. The zero-order chi connectivity index (χ0) is 20.3. The van der Waals surface area contributed by atoms with Crippen LogP contribution < -0.4 is 4.90 Å². The maximum atomic E-state index is 12.8. The molecule has 1 aliphatic rings. The average Bonchev–Trinajstić information content (AvgIpc) is 3.03. The van der Waals surface area contributed by atoms with Gasteiger partial charge in [0.25, 0.3) is 0 Å². The van der Waals surface area contributed by atoms with Crippen LogP contribution >= 0.6 is 0 Å². The van der Waals surface area contributed by atoms with Crippen LogP contribution in [0.3, 0.4) is 0 Å². The number of fused-ring (bicyclic) bond motifs is 1. The molecular weight excluding hydrogens is 372 g/mol. The third-order valence-corrected chi connectivity index (χ3v) is 7.43. The fourth-order valence-corrected chi connectivity index (χ4v) is 5.32. The Morgan fingerprint density at radius 1 is 1.07 bits per heavy atom. The van der Waals surface area contributed by atoms with Gasteiger partial charge in [0.2, 0.25) is 15.9 Å². The number of hydrogen-bond donors (Lipinski definition) is 0. The highest BCUT2D eigenvalue weighted by Gasteiger charge is 2.30. The Kier molecular flexibility index (Phi) is 6.20. The molecule has 1 aliphatic heterocycles. The maximum absolute atomic E-state index is 12.8. The zero-order valence-electron chi connectivity index (χ0n) is 16.8. The third kappa shape index (κ3) is 3.98. The first-order valence-corrected chi connectivity index (χ1v) is 11.3. The van der Waals surface area contributed by atoms with Crippen LogP contribution in [0.1, 0.15) is 38.3 Å². The second-order valence-corrected chi connectivity index (χ2v) is 9.12. The van der Waals surface area contributed by atoms with Crippen LogP contribution in [0.25, 0.3) is 0 Å². The van der Waals surface area contributed by atoms with Crippen molar-refractivity contribution in [3.8, 4) is 0 Å². The van der Waals surface area contributed by atoms with Crippen LogP contribution in [0.4, 0.5) is 5.69 Å². The fraction of sp³-hybridized carbons (Fsp3) is 0.409. The van der Waals surface area contributed by atoms with Gasteiger partial charge in [0, 0.05) is 31.2 Å². The van der Waals surface area contributed by atoms with Crippen molar-refractivity contribution in [2.24, 2.45) is 0 Å². The smallest absolute Gasteiger partial charge is 0.243 e. The molecule has 1 atom stereocenters. The van der Waals surface area contributed by atoms with Crippen molar-refractivity contribution in [3.63, 3.8) is 0 Å². The van der Waals surface area contributed by atoms with E-state index in [4.69, 9.17) is 0 Å². The Hall–Kier alpha value is -2.18. The van der Waals surface area contributed by atoms with Crippen LogP contribution in [0.5, 0.6) is 0 Å². The van der Waals surface area contributed by atoms with Crippen molar-refractivity contribution >= 4 is 21.6 Å². The number of carbonyl (C=O) groups excluding carboxylic acids is 1. The summed E-state index contributed by atoms with van der Waals surface area (Å²) in [6, 6.07) is 15.1. The molecular formula is C22H28N2O3S. The summed E-state index contributed by atoms with van der Waals surface area (Å²) in [5.74, 6) is 0.109. The van der Waals surface area contributed by atoms with Gasteiger partial charge in [-0.3, -0.25) is 4.79 Å². The maximum Gasteiger partial charge on any atom is 0.243 e. The van der Waals surface area contributed by atoms with Crippen LogP contribution in [-0.4, -0.2) is 37.8 Å². The van der Waals surface area contributed by atoms with Gasteiger partial charge in [-0.15, -0.1) is 0 Å². The van der Waals surface area contributed by atoms with Gasteiger partial charge in [-0.1, -0.05) is 44.2 Å². The first kappa shape index (κ1) is 20.6. The van der Waals surface area contributed by atoms with Crippen molar-refractivity contribution < 1.29 is 13.2 Å². The highest BCUT2D eigenvalue weighted by molar-refractivity contribution is 7.89. The SMILES string of the molecule is CCN(CC)S(=O)(=O)c1ccc(CCC(=O)N2c3ccccc3CC2C)cc1. The van der Waals surface area contributed by atoms with Crippen molar-refractivity contribution in [1.29, 1.82) is 0 Å². The predicted octanol–water partition coefficient (Wildman–Crippen LogP) is 3.63. The zero-order valence-corrected chi connectivity index (χ0v) is 17.6. The number of carbonyl (C=O) groups is 1. The number of rotatable bonds is 7. The average molecular weight is 401 g/mol. The highest BCUT2D eigenvalue weighted by atomic mass is 32.2. The highest BCUT2D eigenvalue weighted by Crippen LogP contribution is 2.32. The first-order chi connectivity index (χ1) is 13.4. The number of aryl methyl sites for hydroxylation is 1. The molecule has 3 rings (SSSR count). The van der Waals surface area contributed by atoms with E-state index in [0.29, 0.717) is 30.8 Å². The summed E-state index contributed by atoms with van der Waals surface area (Å²) in [7, 11) is -3.44. The number of benzene rings is 2. The molecule has 2 aromatic carbocycles. The summed E-state index contributed by atoms with van der Waals surface area (Å²) in [6.07, 6.45) is 1.89. The molecule has 2 aromatic rings. The van der Waals surface area contributed by atoms with Gasteiger partial charge in [-0.25, -0.2) is 8.42 Å². The van der Waals surface area contributed by atoms with E-state index >= 15 is 0 Å². The molecule has 0 fully saturated rings. The lowest BCUT2D eigenvalue weighted by atomic mass is 10.1. The first-order valence-electron chi connectivity index (χ1n) is 9.87. The molecule has 1 unspecified atom stereocenters. The van der Waals surface area contributed by atoms with E-state index in [1.54, 1.807) is 12.1 Å². The summed E-state index contributed by atoms with van der Waals surface area (Å²) in [6.45, 7) is 6.64.